The molecule has 0 saturated heterocycles. The van der Waals surface area contributed by atoms with Crippen molar-refractivity contribution in [2.24, 2.45) is 5.84 Å². The average Bonchev–Trinajstić information content (AvgIpc) is 2.61. The van der Waals surface area contributed by atoms with Gasteiger partial charge in [0.05, 0.1) is 6.54 Å². The Morgan fingerprint density at radius 1 is 1.69 bits per heavy atom. The van der Waals surface area contributed by atoms with Gasteiger partial charge in [-0.2, -0.15) is 0 Å². The largest absolute Gasteiger partial charge is 0.332 e. The number of hydrazine groups is 1. The summed E-state index contributed by atoms with van der Waals surface area (Å²) < 4.78 is 0. The Balaban J connectivity index is 2.49. The number of thiophene rings is 1. The molecule has 0 fully saturated rings. The number of aryl methyl sites for hydroxylation is 1. The summed E-state index contributed by atoms with van der Waals surface area (Å²) in [6.07, 6.45) is 0.991. The molecule has 13 heavy (non-hydrogen) atoms. The van der Waals surface area contributed by atoms with E-state index >= 15 is 0 Å². The molecule has 72 valence electrons. The molecular formula is C8H13N3OS. The van der Waals surface area contributed by atoms with Gasteiger partial charge < -0.3 is 5.32 Å². The van der Waals surface area contributed by atoms with Gasteiger partial charge in [-0.1, -0.05) is 6.92 Å². The van der Waals surface area contributed by atoms with Gasteiger partial charge in [-0.05, 0) is 23.4 Å². The highest BCUT2D eigenvalue weighted by Crippen LogP contribution is 2.16. The maximum absolute atomic E-state index is 10.8. The molecule has 4 N–H and O–H groups in total. The lowest BCUT2D eigenvalue weighted by Gasteiger charge is -2.03. The average molecular weight is 199 g/mol. The van der Waals surface area contributed by atoms with Crippen molar-refractivity contribution in [1.29, 1.82) is 0 Å². The summed E-state index contributed by atoms with van der Waals surface area (Å²) in [6, 6.07) is 1.72. The molecule has 1 rings (SSSR count). The predicted molar refractivity (Wildman–Crippen MR) is 53.3 cm³/mol. The first-order valence-corrected chi connectivity index (χ1v) is 4.95. The first kappa shape index (κ1) is 10.0. The van der Waals surface area contributed by atoms with Crippen molar-refractivity contribution in [3.63, 3.8) is 0 Å². The van der Waals surface area contributed by atoms with E-state index in [4.69, 9.17) is 5.84 Å². The third-order valence-corrected chi connectivity index (χ3v) is 2.72. The highest BCUT2D eigenvalue weighted by Gasteiger charge is 2.03. The Labute approximate surface area is 81.1 Å². The number of rotatable bonds is 3. The minimum Gasteiger partial charge on any atom is -0.332 e. The van der Waals surface area contributed by atoms with Crippen LogP contribution in [0.5, 0.6) is 0 Å². The van der Waals surface area contributed by atoms with E-state index in [1.165, 1.54) is 10.4 Å². The first-order chi connectivity index (χ1) is 6.27. The molecule has 0 atom stereocenters. The number of hydrogen-bond acceptors (Lipinski definition) is 3. The van der Waals surface area contributed by atoms with Crippen LogP contribution in [-0.2, 0) is 13.0 Å². The van der Waals surface area contributed by atoms with Gasteiger partial charge >= 0.3 is 6.03 Å². The molecule has 0 aromatic carbocycles. The molecule has 2 amide bonds. The van der Waals surface area contributed by atoms with E-state index in [0.717, 1.165) is 6.42 Å². The van der Waals surface area contributed by atoms with Gasteiger partial charge in [0.25, 0.3) is 0 Å². The van der Waals surface area contributed by atoms with Crippen LogP contribution in [0, 0.1) is 0 Å². The molecule has 1 heterocycles. The number of amides is 2. The quantitative estimate of drug-likeness (QED) is 0.386. The van der Waals surface area contributed by atoms with Gasteiger partial charge in [-0.25, -0.2) is 10.6 Å². The van der Waals surface area contributed by atoms with Crippen LogP contribution in [0.15, 0.2) is 11.4 Å². The summed E-state index contributed by atoms with van der Waals surface area (Å²) >= 11 is 1.64. The maximum atomic E-state index is 10.8. The number of hydrogen-bond donors (Lipinski definition) is 3. The lowest BCUT2D eigenvalue weighted by atomic mass is 10.2. The van der Waals surface area contributed by atoms with Crippen molar-refractivity contribution < 1.29 is 4.79 Å². The van der Waals surface area contributed by atoms with E-state index in [-0.39, 0.29) is 6.03 Å². The van der Waals surface area contributed by atoms with Crippen LogP contribution in [-0.4, -0.2) is 6.03 Å². The molecule has 0 aliphatic heterocycles. The van der Waals surface area contributed by atoms with Crippen molar-refractivity contribution >= 4 is 17.4 Å². The third-order valence-electron chi connectivity index (χ3n) is 1.76. The fourth-order valence-electron chi connectivity index (χ4n) is 1.05. The van der Waals surface area contributed by atoms with Crippen LogP contribution in [0.25, 0.3) is 0 Å². The molecule has 4 nitrogen and oxygen atoms in total. The normalized spacial score (nSPS) is 9.69. The van der Waals surface area contributed by atoms with E-state index < -0.39 is 0 Å². The molecule has 0 aliphatic carbocycles. The summed E-state index contributed by atoms with van der Waals surface area (Å²) in [5.41, 5.74) is 3.30. The van der Waals surface area contributed by atoms with Crippen molar-refractivity contribution in [1.82, 2.24) is 10.7 Å². The van der Waals surface area contributed by atoms with Crippen LogP contribution in [0.3, 0.4) is 0 Å². The van der Waals surface area contributed by atoms with Crippen LogP contribution in [0.4, 0.5) is 4.79 Å². The van der Waals surface area contributed by atoms with Crippen LogP contribution >= 0.6 is 11.3 Å². The monoisotopic (exact) mass is 199 g/mol. The summed E-state index contributed by atoms with van der Waals surface area (Å²) in [6.45, 7) is 2.64. The van der Waals surface area contributed by atoms with Crippen LogP contribution < -0.4 is 16.6 Å². The van der Waals surface area contributed by atoms with Gasteiger partial charge in [0, 0.05) is 4.88 Å². The van der Waals surface area contributed by atoms with Crippen molar-refractivity contribution in [3.8, 4) is 0 Å². The zero-order valence-corrected chi connectivity index (χ0v) is 8.28. The predicted octanol–water partition coefficient (Wildman–Crippen LogP) is 0.983. The van der Waals surface area contributed by atoms with E-state index in [9.17, 15) is 4.79 Å². The minimum atomic E-state index is -0.351. The lowest BCUT2D eigenvalue weighted by Crippen LogP contribution is -2.39. The van der Waals surface area contributed by atoms with Gasteiger partial charge in [0.15, 0.2) is 0 Å². The van der Waals surface area contributed by atoms with Crippen molar-refractivity contribution in [2.45, 2.75) is 19.9 Å². The second-order valence-corrected chi connectivity index (χ2v) is 3.55. The van der Waals surface area contributed by atoms with Gasteiger partial charge in [0.2, 0.25) is 0 Å². The lowest BCUT2D eigenvalue weighted by molar-refractivity contribution is 0.241. The Kier molecular flexibility index (Phi) is 3.72. The van der Waals surface area contributed by atoms with E-state index in [0.29, 0.717) is 6.54 Å². The SMILES string of the molecule is CCc1ccsc1CNC(=O)NN. The van der Waals surface area contributed by atoms with Crippen LogP contribution in [0.1, 0.15) is 17.4 Å². The fraction of sp³-hybridized carbons (Fsp3) is 0.375. The minimum absolute atomic E-state index is 0.351. The molecule has 5 heteroatoms. The second-order valence-electron chi connectivity index (χ2n) is 2.55. The highest BCUT2D eigenvalue weighted by atomic mass is 32.1. The third kappa shape index (κ3) is 2.71. The molecule has 0 radical (unpaired) electrons. The molecule has 1 aromatic heterocycles. The molecule has 1 aromatic rings. The highest BCUT2D eigenvalue weighted by molar-refractivity contribution is 7.10. The summed E-state index contributed by atoms with van der Waals surface area (Å²) in [5, 5.41) is 4.67. The molecule has 0 bridgehead atoms. The summed E-state index contributed by atoms with van der Waals surface area (Å²) in [4.78, 5) is 12.0. The topological polar surface area (TPSA) is 67.2 Å². The van der Waals surface area contributed by atoms with Gasteiger partial charge in [-0.3, -0.25) is 5.43 Å². The Morgan fingerprint density at radius 2 is 2.46 bits per heavy atom. The Hall–Kier alpha value is -1.07. The Bertz CT molecular complexity index is 285. The number of nitrogens with two attached hydrogens (primary N) is 1. The molecule has 0 spiro atoms. The number of carbonyl (C=O) groups excluding carboxylic acids is 1. The van der Waals surface area contributed by atoms with Crippen LogP contribution in [0.2, 0.25) is 0 Å². The van der Waals surface area contributed by atoms with E-state index in [1.807, 2.05) is 10.8 Å². The summed E-state index contributed by atoms with van der Waals surface area (Å²) in [5.74, 6) is 4.92. The number of nitrogens with one attached hydrogen (secondary N) is 2. The maximum Gasteiger partial charge on any atom is 0.329 e. The van der Waals surface area contributed by atoms with Gasteiger partial charge in [0.1, 0.15) is 0 Å². The summed E-state index contributed by atoms with van der Waals surface area (Å²) in [7, 11) is 0. The standard InChI is InChI=1S/C8H13N3OS/c1-2-6-3-4-13-7(6)5-10-8(12)11-9/h3-4H,2,5,9H2,1H3,(H2,10,11,12). The first-order valence-electron chi connectivity index (χ1n) is 4.07. The zero-order chi connectivity index (χ0) is 9.68. The fourth-order valence-corrected chi connectivity index (χ4v) is 1.96. The second kappa shape index (κ2) is 4.84. The van der Waals surface area contributed by atoms with Crippen molar-refractivity contribution in [3.05, 3.63) is 21.9 Å². The van der Waals surface area contributed by atoms with E-state index in [2.05, 4.69) is 18.3 Å². The van der Waals surface area contributed by atoms with Gasteiger partial charge in [-0.15, -0.1) is 11.3 Å². The van der Waals surface area contributed by atoms with E-state index in [1.54, 1.807) is 11.3 Å². The Morgan fingerprint density at radius 3 is 3.08 bits per heavy atom. The smallest absolute Gasteiger partial charge is 0.329 e. The number of urea groups is 1. The molecule has 0 unspecified atom stereocenters. The molecular weight excluding hydrogens is 186 g/mol. The number of carbonyl (C=O) groups is 1. The molecule has 0 saturated carbocycles. The molecule has 0 aliphatic rings. The zero-order valence-electron chi connectivity index (χ0n) is 7.46. The van der Waals surface area contributed by atoms with Crippen molar-refractivity contribution in [2.75, 3.05) is 0 Å².